The Morgan fingerprint density at radius 1 is 1.44 bits per heavy atom. The lowest BCUT2D eigenvalue weighted by Gasteiger charge is -2.26. The molecule has 0 aromatic carbocycles. The molecule has 0 amide bonds. The van der Waals surface area contributed by atoms with Crippen LogP contribution in [-0.2, 0) is 9.47 Å². The molecule has 1 aliphatic rings. The fourth-order valence-electron chi connectivity index (χ4n) is 2.17. The molecule has 0 saturated carbocycles. The highest BCUT2D eigenvalue weighted by Crippen LogP contribution is 2.28. The third-order valence-electron chi connectivity index (χ3n) is 3.03. The van der Waals surface area contributed by atoms with Crippen molar-refractivity contribution in [3.05, 3.63) is 0 Å². The Morgan fingerprint density at radius 3 is 2.50 bits per heavy atom. The molecule has 3 nitrogen and oxygen atoms in total. The van der Waals surface area contributed by atoms with Crippen LogP contribution in [-0.4, -0.2) is 49.7 Å². The first-order valence-corrected chi connectivity index (χ1v) is 5.38. The van der Waals surface area contributed by atoms with Crippen LogP contribution in [0, 0.1) is 0 Å². The normalized spacial score (nSPS) is 29.6. The average Bonchev–Trinajstić information content (AvgIpc) is 2.57. The highest BCUT2D eigenvalue weighted by Gasteiger charge is 2.41. The van der Waals surface area contributed by atoms with Crippen molar-refractivity contribution in [2.45, 2.75) is 44.9 Å². The van der Waals surface area contributed by atoms with Gasteiger partial charge in [-0.3, -0.25) is 9.64 Å². The van der Waals surface area contributed by atoms with Crippen molar-refractivity contribution in [2.24, 2.45) is 0 Å². The predicted octanol–water partition coefficient (Wildman–Crippen LogP) is 2.02. The number of nitrogens with zero attached hydrogens (tertiary/aromatic N) is 1. The molecule has 0 aromatic heterocycles. The second kappa shape index (κ2) is 5.33. The number of likely N-dealkylation sites (N-methyl/N-ethyl adjacent to an activating group) is 1. The third kappa shape index (κ3) is 3.61. The van der Waals surface area contributed by atoms with Crippen LogP contribution in [0.1, 0.15) is 20.3 Å². The third-order valence-corrected chi connectivity index (χ3v) is 3.03. The number of likely N-dealkylation sites (tertiary alicyclic amines) is 1. The molecular formula is C10H18F3NO2. The van der Waals surface area contributed by atoms with Gasteiger partial charge in [0.2, 0.25) is 0 Å². The van der Waals surface area contributed by atoms with Crippen LogP contribution >= 0.6 is 0 Å². The molecule has 1 heterocycles. The molecule has 0 bridgehead atoms. The molecule has 1 aliphatic heterocycles. The maximum atomic E-state index is 12.1. The Bertz CT molecular complexity index is 223. The summed E-state index contributed by atoms with van der Waals surface area (Å²) in [5.41, 5.74) is 0. The van der Waals surface area contributed by atoms with Crippen molar-refractivity contribution >= 4 is 0 Å². The van der Waals surface area contributed by atoms with E-state index < -0.39 is 12.5 Å². The first-order chi connectivity index (χ1) is 7.37. The van der Waals surface area contributed by atoms with Crippen LogP contribution in [0.5, 0.6) is 0 Å². The highest BCUT2D eigenvalue weighted by atomic mass is 19.4. The van der Waals surface area contributed by atoms with Crippen LogP contribution in [0.15, 0.2) is 0 Å². The van der Waals surface area contributed by atoms with E-state index in [-0.39, 0.29) is 12.1 Å². The van der Waals surface area contributed by atoms with E-state index in [0.717, 1.165) is 0 Å². The van der Waals surface area contributed by atoms with E-state index in [2.05, 4.69) is 4.74 Å². The lowest BCUT2D eigenvalue weighted by atomic mass is 10.1. The Balaban J connectivity index is 2.56. The zero-order valence-electron chi connectivity index (χ0n) is 9.75. The quantitative estimate of drug-likeness (QED) is 0.751. The van der Waals surface area contributed by atoms with Gasteiger partial charge in [0.15, 0.2) is 0 Å². The summed E-state index contributed by atoms with van der Waals surface area (Å²) in [6.45, 7) is 4.80. The maximum absolute atomic E-state index is 12.1. The first kappa shape index (κ1) is 13.7. The molecular weight excluding hydrogens is 223 g/mol. The minimum absolute atomic E-state index is 0.00218. The fraction of sp³-hybridized carbons (Fsp3) is 1.00. The van der Waals surface area contributed by atoms with Gasteiger partial charge in [0.25, 0.3) is 0 Å². The van der Waals surface area contributed by atoms with E-state index in [9.17, 15) is 13.2 Å². The van der Waals surface area contributed by atoms with Crippen molar-refractivity contribution in [3.63, 3.8) is 0 Å². The minimum atomic E-state index is -4.55. The Hall–Kier alpha value is -0.330. The molecule has 0 radical (unpaired) electrons. The van der Waals surface area contributed by atoms with Gasteiger partial charge >= 0.3 is 6.36 Å². The van der Waals surface area contributed by atoms with Gasteiger partial charge in [0.05, 0.1) is 12.2 Å². The number of ether oxygens (including phenoxy) is 2. The molecule has 6 heteroatoms. The molecule has 16 heavy (non-hydrogen) atoms. The maximum Gasteiger partial charge on any atom is 0.522 e. The summed E-state index contributed by atoms with van der Waals surface area (Å²) < 4.78 is 45.5. The monoisotopic (exact) mass is 241 g/mol. The van der Waals surface area contributed by atoms with E-state index in [0.29, 0.717) is 19.5 Å². The number of hydrogen-bond donors (Lipinski definition) is 0. The minimum Gasteiger partial charge on any atom is -0.380 e. The molecule has 1 saturated heterocycles. The van der Waals surface area contributed by atoms with E-state index >= 15 is 0 Å². The molecule has 96 valence electrons. The molecule has 0 N–H and O–H groups in total. The largest absolute Gasteiger partial charge is 0.522 e. The van der Waals surface area contributed by atoms with Gasteiger partial charge in [0, 0.05) is 19.7 Å². The topological polar surface area (TPSA) is 21.7 Å². The van der Waals surface area contributed by atoms with Crippen LogP contribution in [0.4, 0.5) is 13.2 Å². The molecule has 1 rings (SSSR count). The van der Waals surface area contributed by atoms with Gasteiger partial charge in [-0.25, -0.2) is 0 Å². The van der Waals surface area contributed by atoms with Crippen LogP contribution in [0.25, 0.3) is 0 Å². The predicted molar refractivity (Wildman–Crippen MR) is 53.1 cm³/mol. The number of rotatable bonds is 4. The van der Waals surface area contributed by atoms with Gasteiger partial charge in [-0.15, -0.1) is 13.2 Å². The van der Waals surface area contributed by atoms with Crippen molar-refractivity contribution < 1.29 is 22.6 Å². The molecule has 0 aromatic rings. The SMILES string of the molecule is CCN1C[C@H](OC(F)(F)F)C[C@H]1[C@H](C)OC. The van der Waals surface area contributed by atoms with Crippen LogP contribution < -0.4 is 0 Å². The fourth-order valence-corrected chi connectivity index (χ4v) is 2.17. The summed E-state index contributed by atoms with van der Waals surface area (Å²) in [7, 11) is 1.57. The summed E-state index contributed by atoms with van der Waals surface area (Å²) in [5, 5.41) is 0. The van der Waals surface area contributed by atoms with E-state index in [4.69, 9.17) is 4.74 Å². The van der Waals surface area contributed by atoms with Gasteiger partial charge < -0.3 is 4.74 Å². The summed E-state index contributed by atoms with van der Waals surface area (Å²) in [4.78, 5) is 1.96. The summed E-state index contributed by atoms with van der Waals surface area (Å²) in [6, 6.07) is 0.00218. The second-order valence-corrected chi connectivity index (χ2v) is 4.02. The zero-order valence-corrected chi connectivity index (χ0v) is 9.75. The van der Waals surface area contributed by atoms with Gasteiger partial charge in [0.1, 0.15) is 0 Å². The van der Waals surface area contributed by atoms with Crippen LogP contribution in [0.3, 0.4) is 0 Å². The molecule has 0 aliphatic carbocycles. The summed E-state index contributed by atoms with van der Waals surface area (Å²) in [5.74, 6) is 0. The molecule has 0 spiro atoms. The summed E-state index contributed by atoms with van der Waals surface area (Å²) in [6.07, 6.45) is -5.04. The Labute approximate surface area is 93.5 Å². The van der Waals surface area contributed by atoms with Gasteiger partial charge in [-0.2, -0.15) is 0 Å². The number of alkyl halides is 3. The van der Waals surface area contributed by atoms with Gasteiger partial charge in [-0.05, 0) is 19.9 Å². The highest BCUT2D eigenvalue weighted by molar-refractivity contribution is 4.89. The molecule has 1 fully saturated rings. The molecule has 0 unspecified atom stereocenters. The van der Waals surface area contributed by atoms with Crippen molar-refractivity contribution in [1.29, 1.82) is 0 Å². The zero-order chi connectivity index (χ0) is 12.3. The lowest BCUT2D eigenvalue weighted by molar-refractivity contribution is -0.340. The standard InChI is InChI=1S/C10H18F3NO2/c1-4-14-6-8(16-10(11,12)13)5-9(14)7(2)15-3/h7-9H,4-6H2,1-3H3/t7-,8+,9-/m0/s1. The lowest BCUT2D eigenvalue weighted by Crippen LogP contribution is -2.38. The Kier molecular flexibility index (Phi) is 4.58. The van der Waals surface area contributed by atoms with Gasteiger partial charge in [-0.1, -0.05) is 6.92 Å². The van der Waals surface area contributed by atoms with Crippen molar-refractivity contribution in [1.82, 2.24) is 4.90 Å². The molecule has 3 atom stereocenters. The van der Waals surface area contributed by atoms with E-state index in [1.165, 1.54) is 0 Å². The first-order valence-electron chi connectivity index (χ1n) is 5.38. The number of hydrogen-bond acceptors (Lipinski definition) is 3. The summed E-state index contributed by atoms with van der Waals surface area (Å²) >= 11 is 0. The van der Waals surface area contributed by atoms with Crippen molar-refractivity contribution in [3.8, 4) is 0 Å². The average molecular weight is 241 g/mol. The van der Waals surface area contributed by atoms with Crippen molar-refractivity contribution in [2.75, 3.05) is 20.2 Å². The van der Waals surface area contributed by atoms with Crippen LogP contribution in [0.2, 0.25) is 0 Å². The van der Waals surface area contributed by atoms with E-state index in [1.807, 2.05) is 18.7 Å². The number of methoxy groups -OCH3 is 1. The number of halogens is 3. The Morgan fingerprint density at radius 2 is 2.06 bits per heavy atom. The van der Waals surface area contributed by atoms with E-state index in [1.54, 1.807) is 7.11 Å². The second-order valence-electron chi connectivity index (χ2n) is 4.02. The smallest absolute Gasteiger partial charge is 0.380 e.